The molecule has 3 rings (SSSR count). The molecule has 2 heterocycles. The fraction of sp³-hybridized carbons (Fsp3) is 0.412. The Hall–Kier alpha value is -2.88. The molecule has 1 aromatic heterocycles. The number of aryl methyl sites for hydroxylation is 2. The van der Waals surface area contributed by atoms with E-state index in [1.165, 1.54) is 12.1 Å². The first-order valence-corrected chi connectivity index (χ1v) is 7.90. The molecule has 1 unspecified atom stereocenters. The lowest BCUT2D eigenvalue weighted by molar-refractivity contribution is -0.384. The molecule has 0 bridgehead atoms. The van der Waals surface area contributed by atoms with Crippen LogP contribution in [0.15, 0.2) is 24.4 Å². The first kappa shape index (κ1) is 16.0. The smallest absolute Gasteiger partial charge is 0.270 e. The SMILES string of the molecule is Cc1cn2c(n1)CCC(CN(C)c1ccc([N+](=O)[O-])cc1C#N)C2. The van der Waals surface area contributed by atoms with E-state index < -0.39 is 4.92 Å². The summed E-state index contributed by atoms with van der Waals surface area (Å²) in [5, 5.41) is 20.2. The van der Waals surface area contributed by atoms with Crippen LogP contribution in [0.2, 0.25) is 0 Å². The Morgan fingerprint density at radius 2 is 2.33 bits per heavy atom. The first-order chi connectivity index (χ1) is 11.5. The van der Waals surface area contributed by atoms with Crippen LogP contribution in [0.3, 0.4) is 0 Å². The van der Waals surface area contributed by atoms with Crippen LogP contribution in [0.5, 0.6) is 0 Å². The average molecular weight is 325 g/mol. The Bertz CT molecular complexity index is 821. The van der Waals surface area contributed by atoms with Gasteiger partial charge in [-0.2, -0.15) is 5.26 Å². The Morgan fingerprint density at radius 1 is 1.54 bits per heavy atom. The summed E-state index contributed by atoms with van der Waals surface area (Å²) in [4.78, 5) is 16.9. The number of nitro groups is 1. The molecular weight excluding hydrogens is 306 g/mol. The molecule has 1 aromatic carbocycles. The van der Waals surface area contributed by atoms with Crippen molar-refractivity contribution in [1.29, 1.82) is 5.26 Å². The fourth-order valence-corrected chi connectivity index (χ4v) is 3.35. The number of nitro benzene ring substituents is 1. The lowest BCUT2D eigenvalue weighted by Crippen LogP contribution is -2.31. The van der Waals surface area contributed by atoms with Gasteiger partial charge in [0.25, 0.3) is 5.69 Å². The van der Waals surface area contributed by atoms with Crippen LogP contribution in [0, 0.1) is 34.3 Å². The first-order valence-electron chi connectivity index (χ1n) is 7.90. The molecule has 0 spiro atoms. The standard InChI is InChI=1S/C17H19N5O2/c1-12-9-21-11-13(3-6-17(21)19-12)10-20(2)16-5-4-15(22(23)24)7-14(16)8-18/h4-5,7,9,13H,3,6,10-11H2,1-2H3. The van der Waals surface area contributed by atoms with Crippen LogP contribution in [0.25, 0.3) is 0 Å². The highest BCUT2D eigenvalue weighted by Crippen LogP contribution is 2.27. The maximum atomic E-state index is 10.9. The van der Waals surface area contributed by atoms with Gasteiger partial charge in [0.15, 0.2) is 0 Å². The predicted octanol–water partition coefficient (Wildman–Crippen LogP) is 2.67. The lowest BCUT2D eigenvalue weighted by Gasteiger charge is -2.29. The molecule has 24 heavy (non-hydrogen) atoms. The van der Waals surface area contributed by atoms with Gasteiger partial charge in [-0.05, 0) is 25.3 Å². The monoisotopic (exact) mass is 325 g/mol. The van der Waals surface area contributed by atoms with E-state index in [0.29, 0.717) is 11.5 Å². The Morgan fingerprint density at radius 3 is 3.04 bits per heavy atom. The number of non-ortho nitro benzene ring substituents is 1. The van der Waals surface area contributed by atoms with Gasteiger partial charge in [-0.1, -0.05) is 0 Å². The van der Waals surface area contributed by atoms with Crippen molar-refractivity contribution in [1.82, 2.24) is 9.55 Å². The highest BCUT2D eigenvalue weighted by Gasteiger charge is 2.22. The maximum absolute atomic E-state index is 10.9. The molecule has 0 aliphatic carbocycles. The summed E-state index contributed by atoms with van der Waals surface area (Å²) in [5.41, 5.74) is 2.05. The van der Waals surface area contributed by atoms with Gasteiger partial charge in [0.05, 0.1) is 21.9 Å². The average Bonchev–Trinajstić information content (AvgIpc) is 2.93. The van der Waals surface area contributed by atoms with Gasteiger partial charge >= 0.3 is 0 Å². The summed E-state index contributed by atoms with van der Waals surface area (Å²) in [6, 6.07) is 6.51. The van der Waals surface area contributed by atoms with Crippen LogP contribution < -0.4 is 4.90 Å². The number of anilines is 1. The Balaban J connectivity index is 1.75. The summed E-state index contributed by atoms with van der Waals surface area (Å²) in [7, 11) is 1.93. The zero-order valence-electron chi connectivity index (χ0n) is 13.8. The van der Waals surface area contributed by atoms with Crippen molar-refractivity contribution in [3.8, 4) is 6.07 Å². The topological polar surface area (TPSA) is 88.0 Å². The summed E-state index contributed by atoms with van der Waals surface area (Å²) in [6.45, 7) is 3.71. The normalized spacial score (nSPS) is 16.3. The molecule has 0 saturated carbocycles. The van der Waals surface area contributed by atoms with E-state index in [1.54, 1.807) is 6.07 Å². The van der Waals surface area contributed by atoms with E-state index in [4.69, 9.17) is 0 Å². The molecule has 0 N–H and O–H groups in total. The molecule has 1 aliphatic rings. The van der Waals surface area contributed by atoms with Gasteiger partial charge < -0.3 is 9.47 Å². The van der Waals surface area contributed by atoms with Crippen molar-refractivity contribution in [3.05, 3.63) is 51.6 Å². The number of nitriles is 1. The van der Waals surface area contributed by atoms with Gasteiger partial charge in [0.2, 0.25) is 0 Å². The second-order valence-corrected chi connectivity index (χ2v) is 6.31. The minimum atomic E-state index is -0.478. The molecule has 1 aliphatic heterocycles. The van der Waals surface area contributed by atoms with E-state index >= 15 is 0 Å². The van der Waals surface area contributed by atoms with E-state index in [0.717, 1.165) is 43.1 Å². The van der Waals surface area contributed by atoms with E-state index in [1.807, 2.05) is 18.9 Å². The van der Waals surface area contributed by atoms with Crippen molar-refractivity contribution < 1.29 is 4.92 Å². The molecule has 124 valence electrons. The summed E-state index contributed by atoms with van der Waals surface area (Å²) in [5.74, 6) is 1.59. The molecule has 0 saturated heterocycles. The summed E-state index contributed by atoms with van der Waals surface area (Å²) >= 11 is 0. The number of hydrogen-bond donors (Lipinski definition) is 0. The van der Waals surface area contributed by atoms with Crippen molar-refractivity contribution in [2.24, 2.45) is 5.92 Å². The zero-order valence-corrected chi connectivity index (χ0v) is 13.8. The van der Waals surface area contributed by atoms with Gasteiger partial charge in [-0.15, -0.1) is 0 Å². The lowest BCUT2D eigenvalue weighted by atomic mass is 9.98. The van der Waals surface area contributed by atoms with Gasteiger partial charge in [-0.3, -0.25) is 10.1 Å². The second kappa shape index (κ2) is 6.32. The van der Waals surface area contributed by atoms with Crippen LogP contribution in [-0.2, 0) is 13.0 Å². The highest BCUT2D eigenvalue weighted by atomic mass is 16.6. The summed E-state index contributed by atoms with van der Waals surface area (Å²) < 4.78 is 2.21. The number of benzene rings is 1. The largest absolute Gasteiger partial charge is 0.373 e. The van der Waals surface area contributed by atoms with Gasteiger partial charge in [-0.25, -0.2) is 4.98 Å². The third-order valence-electron chi connectivity index (χ3n) is 4.47. The van der Waals surface area contributed by atoms with Crippen molar-refractivity contribution >= 4 is 11.4 Å². The highest BCUT2D eigenvalue weighted by molar-refractivity contribution is 5.62. The van der Waals surface area contributed by atoms with Gasteiger partial charge in [0.1, 0.15) is 11.9 Å². The van der Waals surface area contributed by atoms with Crippen LogP contribution >= 0.6 is 0 Å². The number of fused-ring (bicyclic) bond motifs is 1. The van der Waals surface area contributed by atoms with Crippen LogP contribution in [0.1, 0.15) is 23.5 Å². The van der Waals surface area contributed by atoms with Crippen molar-refractivity contribution in [2.75, 3.05) is 18.5 Å². The minimum absolute atomic E-state index is 0.0556. The molecule has 1 atom stereocenters. The van der Waals surface area contributed by atoms with E-state index in [-0.39, 0.29) is 5.69 Å². The molecular formula is C17H19N5O2. The van der Waals surface area contributed by atoms with Gasteiger partial charge in [0, 0.05) is 44.9 Å². The molecule has 0 fully saturated rings. The molecule has 0 radical (unpaired) electrons. The summed E-state index contributed by atoms with van der Waals surface area (Å²) in [6.07, 6.45) is 4.08. The number of nitrogens with zero attached hydrogens (tertiary/aromatic N) is 5. The Labute approximate surface area is 140 Å². The third-order valence-corrected chi connectivity index (χ3v) is 4.47. The number of rotatable bonds is 4. The van der Waals surface area contributed by atoms with Crippen molar-refractivity contribution in [3.63, 3.8) is 0 Å². The van der Waals surface area contributed by atoms with E-state index in [9.17, 15) is 15.4 Å². The Kier molecular flexibility index (Phi) is 4.21. The fourth-order valence-electron chi connectivity index (χ4n) is 3.35. The van der Waals surface area contributed by atoms with E-state index in [2.05, 4.69) is 21.8 Å². The second-order valence-electron chi connectivity index (χ2n) is 6.31. The number of aromatic nitrogens is 2. The number of imidazole rings is 1. The molecule has 7 nitrogen and oxygen atoms in total. The molecule has 7 heteroatoms. The predicted molar refractivity (Wildman–Crippen MR) is 89.9 cm³/mol. The van der Waals surface area contributed by atoms with Crippen LogP contribution in [-0.4, -0.2) is 28.1 Å². The molecule has 0 amide bonds. The molecule has 2 aromatic rings. The number of hydrogen-bond acceptors (Lipinski definition) is 5. The minimum Gasteiger partial charge on any atom is -0.373 e. The van der Waals surface area contributed by atoms with Crippen LogP contribution in [0.4, 0.5) is 11.4 Å². The zero-order chi connectivity index (χ0) is 17.3. The quantitative estimate of drug-likeness (QED) is 0.637. The third kappa shape index (κ3) is 3.08. The maximum Gasteiger partial charge on any atom is 0.270 e. The van der Waals surface area contributed by atoms with Crippen molar-refractivity contribution in [2.45, 2.75) is 26.3 Å².